The van der Waals surface area contributed by atoms with Crippen LogP contribution in [0.5, 0.6) is 0 Å². The van der Waals surface area contributed by atoms with E-state index in [1.54, 1.807) is 10.9 Å². The van der Waals surface area contributed by atoms with Crippen LogP contribution < -0.4 is 0 Å². The first kappa shape index (κ1) is 11.6. The monoisotopic (exact) mass is 250 g/mol. The fourth-order valence-electron chi connectivity index (χ4n) is 2.07. The van der Waals surface area contributed by atoms with Gasteiger partial charge in [-0.1, -0.05) is 30.3 Å². The Morgan fingerprint density at radius 2 is 1.79 bits per heavy atom. The fourth-order valence-corrected chi connectivity index (χ4v) is 2.07. The molecule has 0 unspecified atom stereocenters. The summed E-state index contributed by atoms with van der Waals surface area (Å²) in [4.78, 5) is 8.73. The molecular formula is C15H14N4. The largest absolute Gasteiger partial charge is 0.251 e. The van der Waals surface area contributed by atoms with Gasteiger partial charge in [-0.3, -0.25) is 0 Å². The molecule has 0 aliphatic rings. The smallest absolute Gasteiger partial charge is 0.220 e. The van der Waals surface area contributed by atoms with E-state index in [-0.39, 0.29) is 0 Å². The SMILES string of the molecule is Cc1ccnc(-n2ncc(C)c2-c2ccccc2)n1. The van der Waals surface area contributed by atoms with E-state index in [2.05, 4.69) is 27.2 Å². The average Bonchev–Trinajstić information content (AvgIpc) is 2.82. The van der Waals surface area contributed by atoms with Crippen LogP contribution in [-0.2, 0) is 0 Å². The van der Waals surface area contributed by atoms with E-state index in [1.807, 2.05) is 44.3 Å². The molecule has 0 bridgehead atoms. The van der Waals surface area contributed by atoms with Crippen molar-refractivity contribution in [2.24, 2.45) is 0 Å². The van der Waals surface area contributed by atoms with Crippen molar-refractivity contribution in [2.45, 2.75) is 13.8 Å². The Hall–Kier alpha value is -2.49. The van der Waals surface area contributed by atoms with Gasteiger partial charge in [0.15, 0.2) is 0 Å². The van der Waals surface area contributed by atoms with E-state index in [9.17, 15) is 0 Å². The molecule has 4 heteroatoms. The molecule has 94 valence electrons. The van der Waals surface area contributed by atoms with Crippen molar-refractivity contribution in [1.82, 2.24) is 19.7 Å². The minimum absolute atomic E-state index is 0.604. The van der Waals surface area contributed by atoms with E-state index >= 15 is 0 Å². The second-order valence-corrected chi connectivity index (χ2v) is 4.45. The highest BCUT2D eigenvalue weighted by Gasteiger charge is 2.12. The Kier molecular flexibility index (Phi) is 2.83. The Labute approximate surface area is 111 Å². The maximum Gasteiger partial charge on any atom is 0.251 e. The van der Waals surface area contributed by atoms with Gasteiger partial charge in [0.1, 0.15) is 0 Å². The van der Waals surface area contributed by atoms with Gasteiger partial charge in [-0.05, 0) is 25.5 Å². The van der Waals surface area contributed by atoms with Crippen molar-refractivity contribution in [2.75, 3.05) is 0 Å². The molecule has 0 spiro atoms. The standard InChI is InChI=1S/C15H14N4/c1-11-10-17-19(15-16-9-8-12(2)18-15)14(11)13-6-4-3-5-7-13/h3-10H,1-2H3. The first-order valence-corrected chi connectivity index (χ1v) is 6.16. The van der Waals surface area contributed by atoms with Gasteiger partial charge in [0.2, 0.25) is 0 Å². The number of aryl methyl sites for hydroxylation is 2. The zero-order chi connectivity index (χ0) is 13.2. The zero-order valence-corrected chi connectivity index (χ0v) is 10.9. The van der Waals surface area contributed by atoms with E-state index in [1.165, 1.54) is 0 Å². The summed E-state index contributed by atoms with van der Waals surface area (Å²) in [5.74, 6) is 0.604. The molecule has 0 amide bonds. The molecule has 2 heterocycles. The Morgan fingerprint density at radius 3 is 2.53 bits per heavy atom. The lowest BCUT2D eigenvalue weighted by Gasteiger charge is -2.07. The van der Waals surface area contributed by atoms with Crippen molar-refractivity contribution in [3.63, 3.8) is 0 Å². The predicted octanol–water partition coefficient (Wildman–Crippen LogP) is 2.95. The number of hydrogen-bond acceptors (Lipinski definition) is 3. The Morgan fingerprint density at radius 1 is 1.00 bits per heavy atom. The van der Waals surface area contributed by atoms with Crippen LogP contribution in [0.1, 0.15) is 11.3 Å². The van der Waals surface area contributed by atoms with Crippen molar-refractivity contribution in [1.29, 1.82) is 0 Å². The fraction of sp³-hybridized carbons (Fsp3) is 0.133. The average molecular weight is 250 g/mol. The zero-order valence-electron chi connectivity index (χ0n) is 10.9. The molecule has 4 nitrogen and oxygen atoms in total. The minimum atomic E-state index is 0.604. The molecule has 0 saturated carbocycles. The first-order valence-electron chi connectivity index (χ1n) is 6.16. The van der Waals surface area contributed by atoms with E-state index < -0.39 is 0 Å². The summed E-state index contributed by atoms with van der Waals surface area (Å²) < 4.78 is 1.79. The molecule has 0 aliphatic heterocycles. The molecule has 0 fully saturated rings. The second kappa shape index (κ2) is 4.65. The summed E-state index contributed by atoms with van der Waals surface area (Å²) in [6, 6.07) is 12.0. The highest BCUT2D eigenvalue weighted by Crippen LogP contribution is 2.24. The van der Waals surface area contributed by atoms with Gasteiger partial charge >= 0.3 is 0 Å². The summed E-state index contributed by atoms with van der Waals surface area (Å²) in [5.41, 5.74) is 4.18. The van der Waals surface area contributed by atoms with Gasteiger partial charge < -0.3 is 0 Å². The van der Waals surface area contributed by atoms with Crippen LogP contribution in [-0.4, -0.2) is 19.7 Å². The first-order chi connectivity index (χ1) is 9.25. The summed E-state index contributed by atoms with van der Waals surface area (Å²) in [6.45, 7) is 3.99. The Balaban J connectivity index is 2.19. The molecule has 19 heavy (non-hydrogen) atoms. The topological polar surface area (TPSA) is 43.6 Å². The van der Waals surface area contributed by atoms with Crippen LogP contribution >= 0.6 is 0 Å². The maximum absolute atomic E-state index is 4.43. The minimum Gasteiger partial charge on any atom is -0.220 e. The molecule has 3 aromatic rings. The highest BCUT2D eigenvalue weighted by molar-refractivity contribution is 5.64. The molecule has 0 aliphatic carbocycles. The van der Waals surface area contributed by atoms with Gasteiger partial charge in [-0.15, -0.1) is 0 Å². The summed E-state index contributed by atoms with van der Waals surface area (Å²) in [7, 11) is 0. The number of aromatic nitrogens is 4. The molecule has 1 aromatic carbocycles. The summed E-state index contributed by atoms with van der Waals surface area (Å²) in [6.07, 6.45) is 3.59. The van der Waals surface area contributed by atoms with Crippen LogP contribution in [0.25, 0.3) is 17.2 Å². The van der Waals surface area contributed by atoms with Crippen LogP contribution in [0.15, 0.2) is 48.8 Å². The third-order valence-electron chi connectivity index (χ3n) is 2.97. The van der Waals surface area contributed by atoms with Gasteiger partial charge in [0.05, 0.1) is 11.9 Å². The molecule has 0 N–H and O–H groups in total. The van der Waals surface area contributed by atoms with Gasteiger partial charge in [-0.2, -0.15) is 9.78 Å². The lowest BCUT2D eigenvalue weighted by Crippen LogP contribution is -2.05. The third-order valence-corrected chi connectivity index (χ3v) is 2.97. The normalized spacial score (nSPS) is 10.6. The van der Waals surface area contributed by atoms with Crippen molar-refractivity contribution in [3.8, 4) is 17.2 Å². The molecule has 0 radical (unpaired) electrons. The lowest BCUT2D eigenvalue weighted by atomic mass is 10.1. The molecule has 0 saturated heterocycles. The van der Waals surface area contributed by atoms with Gasteiger partial charge in [0, 0.05) is 17.5 Å². The third kappa shape index (κ3) is 2.12. The van der Waals surface area contributed by atoms with E-state index in [4.69, 9.17) is 0 Å². The van der Waals surface area contributed by atoms with Crippen LogP contribution in [0.4, 0.5) is 0 Å². The van der Waals surface area contributed by atoms with Gasteiger partial charge in [0.25, 0.3) is 5.95 Å². The van der Waals surface area contributed by atoms with Crippen molar-refractivity contribution >= 4 is 0 Å². The number of hydrogen-bond donors (Lipinski definition) is 0. The summed E-state index contributed by atoms with van der Waals surface area (Å²) >= 11 is 0. The van der Waals surface area contributed by atoms with Crippen molar-refractivity contribution < 1.29 is 0 Å². The molecule has 0 atom stereocenters. The molecule has 3 rings (SSSR count). The number of rotatable bonds is 2. The van der Waals surface area contributed by atoms with Crippen LogP contribution in [0.3, 0.4) is 0 Å². The lowest BCUT2D eigenvalue weighted by molar-refractivity contribution is 0.807. The quantitative estimate of drug-likeness (QED) is 0.702. The van der Waals surface area contributed by atoms with E-state index in [0.717, 1.165) is 22.5 Å². The number of benzene rings is 1. The van der Waals surface area contributed by atoms with Gasteiger partial charge in [-0.25, -0.2) is 9.97 Å². The summed E-state index contributed by atoms with van der Waals surface area (Å²) in [5, 5.41) is 4.40. The predicted molar refractivity (Wildman–Crippen MR) is 74.1 cm³/mol. The van der Waals surface area contributed by atoms with Crippen molar-refractivity contribution in [3.05, 3.63) is 60.0 Å². The molecular weight excluding hydrogens is 236 g/mol. The highest BCUT2D eigenvalue weighted by atomic mass is 15.3. The number of nitrogens with zero attached hydrogens (tertiary/aromatic N) is 4. The second-order valence-electron chi connectivity index (χ2n) is 4.45. The maximum atomic E-state index is 4.43. The Bertz CT molecular complexity index is 701. The van der Waals surface area contributed by atoms with E-state index in [0.29, 0.717) is 5.95 Å². The molecule has 2 aromatic heterocycles. The van der Waals surface area contributed by atoms with Crippen LogP contribution in [0.2, 0.25) is 0 Å². The van der Waals surface area contributed by atoms with Crippen LogP contribution in [0, 0.1) is 13.8 Å².